The van der Waals surface area contributed by atoms with Gasteiger partial charge in [-0.3, -0.25) is 4.79 Å². The highest BCUT2D eigenvalue weighted by atomic mass is 35.5. The number of aromatic nitrogens is 1. The first-order valence-corrected chi connectivity index (χ1v) is 10.2. The Morgan fingerprint density at radius 1 is 1.28 bits per heavy atom. The molecule has 9 heteroatoms. The van der Waals surface area contributed by atoms with E-state index >= 15 is 0 Å². The highest BCUT2D eigenvalue weighted by Gasteiger charge is 2.20. The van der Waals surface area contributed by atoms with E-state index in [4.69, 9.17) is 16.3 Å². The molecule has 2 N–H and O–H groups in total. The molecular weight excluding hydrogens is 414 g/mol. The van der Waals surface area contributed by atoms with Crippen LogP contribution in [0.2, 0.25) is 5.02 Å². The summed E-state index contributed by atoms with van der Waals surface area (Å²) in [6, 6.07) is 6.58. The fourth-order valence-corrected chi connectivity index (χ4v) is 3.53. The molecule has 0 aliphatic carbocycles. The zero-order chi connectivity index (χ0) is 21.6. The van der Waals surface area contributed by atoms with Gasteiger partial charge in [0, 0.05) is 11.4 Å². The molecule has 2 rings (SSSR count). The Hall–Kier alpha value is -2.45. The number of carbonyl (C=O) groups excluding carboxylic acids is 3. The minimum atomic E-state index is -0.807. The number of hydrogen-bond donors (Lipinski definition) is 2. The van der Waals surface area contributed by atoms with Crippen LogP contribution in [0.15, 0.2) is 24.3 Å². The lowest BCUT2D eigenvalue weighted by Gasteiger charge is -2.21. The summed E-state index contributed by atoms with van der Waals surface area (Å²) in [5.74, 6) is -0.292. The van der Waals surface area contributed by atoms with Gasteiger partial charge in [0.1, 0.15) is 11.9 Å². The van der Waals surface area contributed by atoms with Crippen molar-refractivity contribution in [2.45, 2.75) is 52.2 Å². The predicted molar refractivity (Wildman–Crippen MR) is 114 cm³/mol. The number of benzene rings is 1. The molecule has 0 aliphatic rings. The number of amides is 2. The Kier molecular flexibility index (Phi) is 7.75. The molecule has 2 aromatic rings. The first-order valence-electron chi connectivity index (χ1n) is 9.05. The molecule has 1 aromatic carbocycles. The fraction of sp³-hybridized carbons (Fsp3) is 0.400. The molecule has 1 aromatic heterocycles. The third kappa shape index (κ3) is 7.47. The van der Waals surface area contributed by atoms with Crippen LogP contribution < -0.4 is 10.6 Å². The van der Waals surface area contributed by atoms with Gasteiger partial charge in [-0.05, 0) is 51.8 Å². The maximum absolute atomic E-state index is 12.2. The van der Waals surface area contributed by atoms with Crippen LogP contribution in [0.4, 0.5) is 9.93 Å². The Labute approximate surface area is 178 Å². The fourth-order valence-electron chi connectivity index (χ4n) is 2.42. The van der Waals surface area contributed by atoms with Gasteiger partial charge in [0.15, 0.2) is 5.13 Å². The van der Waals surface area contributed by atoms with E-state index in [1.165, 1.54) is 11.3 Å². The summed E-state index contributed by atoms with van der Waals surface area (Å²) in [5.41, 5.74) is 1.09. The molecule has 0 saturated heterocycles. The minimum absolute atomic E-state index is 0.0497. The highest BCUT2D eigenvalue weighted by molar-refractivity contribution is 7.19. The number of thiazole rings is 1. The molecule has 1 unspecified atom stereocenters. The van der Waals surface area contributed by atoms with Gasteiger partial charge in [-0.2, -0.15) is 0 Å². The van der Waals surface area contributed by atoms with Gasteiger partial charge in [0.25, 0.3) is 0 Å². The van der Waals surface area contributed by atoms with Crippen molar-refractivity contribution in [3.63, 3.8) is 0 Å². The quantitative estimate of drug-likeness (QED) is 0.617. The van der Waals surface area contributed by atoms with Gasteiger partial charge in [-0.1, -0.05) is 35.1 Å². The third-order valence-corrected chi connectivity index (χ3v) is 5.07. The van der Waals surface area contributed by atoms with E-state index in [9.17, 15) is 14.4 Å². The van der Waals surface area contributed by atoms with Crippen molar-refractivity contribution in [2.24, 2.45) is 0 Å². The molecule has 29 heavy (non-hydrogen) atoms. The van der Waals surface area contributed by atoms with Gasteiger partial charge in [-0.15, -0.1) is 0 Å². The number of carbonyl (C=O) groups is 3. The summed E-state index contributed by atoms with van der Waals surface area (Å²) in [6.45, 7) is 7.04. The SMILES string of the molecule is Cc1nc(NC(=O)CCC(C=O)NC(=O)OC(C)(C)C)sc1-c1ccc(Cl)cc1. The number of hydrogen-bond acceptors (Lipinski definition) is 6. The van der Waals surface area contributed by atoms with Crippen LogP contribution in [-0.2, 0) is 14.3 Å². The molecule has 2 amide bonds. The van der Waals surface area contributed by atoms with Crippen molar-refractivity contribution in [1.82, 2.24) is 10.3 Å². The van der Waals surface area contributed by atoms with Crippen molar-refractivity contribution in [2.75, 3.05) is 5.32 Å². The summed E-state index contributed by atoms with van der Waals surface area (Å²) in [4.78, 5) is 40.5. The third-order valence-electron chi connectivity index (χ3n) is 3.70. The van der Waals surface area contributed by atoms with Gasteiger partial charge < -0.3 is 20.2 Å². The summed E-state index contributed by atoms with van der Waals surface area (Å²) in [7, 11) is 0. The number of rotatable bonds is 7. The molecule has 7 nitrogen and oxygen atoms in total. The summed E-state index contributed by atoms with van der Waals surface area (Å²) < 4.78 is 5.11. The molecule has 0 saturated carbocycles. The molecule has 0 aliphatic heterocycles. The van der Waals surface area contributed by atoms with E-state index < -0.39 is 17.7 Å². The Bertz CT molecular complexity index is 875. The van der Waals surface area contributed by atoms with Crippen molar-refractivity contribution >= 4 is 46.4 Å². The average molecular weight is 438 g/mol. The normalized spacial score (nSPS) is 12.2. The van der Waals surface area contributed by atoms with E-state index in [1.807, 2.05) is 19.1 Å². The summed E-state index contributed by atoms with van der Waals surface area (Å²) in [6.07, 6.45) is 0.0960. The number of ether oxygens (including phenoxy) is 1. The van der Waals surface area contributed by atoms with Crippen molar-refractivity contribution in [1.29, 1.82) is 0 Å². The van der Waals surface area contributed by atoms with E-state index in [2.05, 4.69) is 15.6 Å². The standard InChI is InChI=1S/C20H24ClN3O4S/c1-12-17(13-5-7-14(21)8-6-13)29-18(22-12)24-16(26)10-9-15(11-25)23-19(27)28-20(2,3)4/h5-8,11,15H,9-10H2,1-4H3,(H,23,27)(H,22,24,26). The Balaban J connectivity index is 1.90. The number of anilines is 1. The van der Waals surface area contributed by atoms with Crippen LogP contribution in [0, 0.1) is 6.92 Å². The van der Waals surface area contributed by atoms with E-state index in [0.29, 0.717) is 16.4 Å². The molecule has 0 bridgehead atoms. The molecule has 0 fully saturated rings. The summed E-state index contributed by atoms with van der Waals surface area (Å²) in [5, 5.41) is 6.31. The van der Waals surface area contributed by atoms with Crippen molar-refractivity contribution < 1.29 is 19.1 Å². The first kappa shape index (κ1) is 22.8. The van der Waals surface area contributed by atoms with Crippen LogP contribution in [-0.4, -0.2) is 34.9 Å². The maximum Gasteiger partial charge on any atom is 0.408 e. The second-order valence-corrected chi connectivity index (χ2v) is 8.85. The second kappa shape index (κ2) is 9.84. The molecule has 0 radical (unpaired) electrons. The number of halogens is 1. The van der Waals surface area contributed by atoms with Gasteiger partial charge in [-0.25, -0.2) is 9.78 Å². The zero-order valence-electron chi connectivity index (χ0n) is 16.7. The van der Waals surface area contributed by atoms with Crippen LogP contribution in [0.3, 0.4) is 0 Å². The lowest BCUT2D eigenvalue weighted by atomic mass is 10.1. The number of nitrogens with zero attached hydrogens (tertiary/aromatic N) is 1. The van der Waals surface area contributed by atoms with Crippen LogP contribution in [0.25, 0.3) is 10.4 Å². The van der Waals surface area contributed by atoms with Crippen molar-refractivity contribution in [3.8, 4) is 10.4 Å². The van der Waals surface area contributed by atoms with Crippen LogP contribution in [0.1, 0.15) is 39.3 Å². The number of aldehydes is 1. The monoisotopic (exact) mass is 437 g/mol. The number of nitrogens with one attached hydrogen (secondary N) is 2. The molecule has 1 heterocycles. The second-order valence-electron chi connectivity index (χ2n) is 7.42. The van der Waals surface area contributed by atoms with Crippen molar-refractivity contribution in [3.05, 3.63) is 35.0 Å². The number of alkyl carbamates (subject to hydrolysis) is 1. The number of aryl methyl sites for hydroxylation is 1. The predicted octanol–water partition coefficient (Wildman–Crippen LogP) is 4.58. The molecule has 1 atom stereocenters. The van der Waals surface area contributed by atoms with E-state index in [-0.39, 0.29) is 18.7 Å². The smallest absolute Gasteiger partial charge is 0.408 e. The lowest BCUT2D eigenvalue weighted by molar-refractivity contribution is -0.116. The Morgan fingerprint density at radius 3 is 2.52 bits per heavy atom. The minimum Gasteiger partial charge on any atom is -0.444 e. The van der Waals surface area contributed by atoms with Gasteiger partial charge >= 0.3 is 6.09 Å². The van der Waals surface area contributed by atoms with Crippen LogP contribution >= 0.6 is 22.9 Å². The zero-order valence-corrected chi connectivity index (χ0v) is 18.3. The van der Waals surface area contributed by atoms with Gasteiger partial charge in [0.05, 0.1) is 16.6 Å². The molecular formula is C20H24ClN3O4S. The van der Waals surface area contributed by atoms with E-state index in [1.54, 1.807) is 32.9 Å². The lowest BCUT2D eigenvalue weighted by Crippen LogP contribution is -2.40. The topological polar surface area (TPSA) is 97.4 Å². The largest absolute Gasteiger partial charge is 0.444 e. The summed E-state index contributed by atoms with van der Waals surface area (Å²) >= 11 is 7.28. The van der Waals surface area contributed by atoms with Crippen LogP contribution in [0.5, 0.6) is 0 Å². The Morgan fingerprint density at radius 2 is 1.93 bits per heavy atom. The highest BCUT2D eigenvalue weighted by Crippen LogP contribution is 2.33. The average Bonchev–Trinajstić information content (AvgIpc) is 2.97. The molecule has 0 spiro atoms. The van der Waals surface area contributed by atoms with E-state index in [0.717, 1.165) is 16.1 Å². The maximum atomic E-state index is 12.2. The molecule has 156 valence electrons. The first-order chi connectivity index (χ1) is 13.6. The van der Waals surface area contributed by atoms with Gasteiger partial charge in [0.2, 0.25) is 5.91 Å².